The molecule has 0 unspecified atom stereocenters. The standard InChI is InChI=1S/C31H29BrFNO3/c32-18-20-36-29-15-9-25(10-16-29)22-31(35)34(28-13-11-27(33)12-14-28)19-17-24-7-4-8-30(21-24)37-23-26-5-2-1-3-6-26/h1-16,21H,17-20,22-23H2. The van der Waals surface area contributed by atoms with Gasteiger partial charge in [-0.1, -0.05) is 70.5 Å². The van der Waals surface area contributed by atoms with Crippen molar-refractivity contribution in [3.63, 3.8) is 0 Å². The maximum Gasteiger partial charge on any atom is 0.231 e. The summed E-state index contributed by atoms with van der Waals surface area (Å²) in [6.07, 6.45) is 0.862. The third kappa shape index (κ3) is 8.19. The number of amides is 1. The van der Waals surface area contributed by atoms with Crippen LogP contribution >= 0.6 is 15.9 Å². The molecule has 0 aliphatic carbocycles. The van der Waals surface area contributed by atoms with Crippen molar-refractivity contribution in [2.45, 2.75) is 19.4 Å². The average Bonchev–Trinajstić information content (AvgIpc) is 2.93. The van der Waals surface area contributed by atoms with Crippen LogP contribution in [0.15, 0.2) is 103 Å². The van der Waals surface area contributed by atoms with Crippen LogP contribution in [0.3, 0.4) is 0 Å². The van der Waals surface area contributed by atoms with Gasteiger partial charge in [-0.2, -0.15) is 0 Å². The van der Waals surface area contributed by atoms with Crippen LogP contribution in [0.4, 0.5) is 10.1 Å². The van der Waals surface area contributed by atoms with E-state index in [1.165, 1.54) is 12.1 Å². The Labute approximate surface area is 225 Å². The van der Waals surface area contributed by atoms with Gasteiger partial charge < -0.3 is 14.4 Å². The summed E-state index contributed by atoms with van der Waals surface area (Å²) < 4.78 is 25.1. The first-order chi connectivity index (χ1) is 18.1. The van der Waals surface area contributed by atoms with E-state index in [-0.39, 0.29) is 18.1 Å². The molecule has 190 valence electrons. The Morgan fingerprint density at radius 3 is 2.22 bits per heavy atom. The summed E-state index contributed by atoms with van der Waals surface area (Å²) in [5, 5.41) is 0.752. The summed E-state index contributed by atoms with van der Waals surface area (Å²) in [4.78, 5) is 15.1. The van der Waals surface area contributed by atoms with Crippen LogP contribution in [0.2, 0.25) is 0 Å². The van der Waals surface area contributed by atoms with Gasteiger partial charge in [0.2, 0.25) is 5.91 Å². The Morgan fingerprint density at radius 2 is 1.49 bits per heavy atom. The van der Waals surface area contributed by atoms with Crippen molar-refractivity contribution in [2.24, 2.45) is 0 Å². The normalized spacial score (nSPS) is 10.6. The first-order valence-electron chi connectivity index (χ1n) is 12.2. The van der Waals surface area contributed by atoms with E-state index in [4.69, 9.17) is 9.47 Å². The van der Waals surface area contributed by atoms with Gasteiger partial charge in [0.1, 0.15) is 23.9 Å². The molecule has 0 aromatic heterocycles. The third-order valence-corrected chi connectivity index (χ3v) is 6.16. The fourth-order valence-electron chi connectivity index (χ4n) is 3.92. The zero-order chi connectivity index (χ0) is 25.9. The highest BCUT2D eigenvalue weighted by atomic mass is 79.9. The van der Waals surface area contributed by atoms with E-state index in [2.05, 4.69) is 15.9 Å². The highest BCUT2D eigenvalue weighted by molar-refractivity contribution is 9.09. The van der Waals surface area contributed by atoms with Gasteiger partial charge >= 0.3 is 0 Å². The predicted molar refractivity (Wildman–Crippen MR) is 149 cm³/mol. The van der Waals surface area contributed by atoms with Crippen molar-refractivity contribution in [3.05, 3.63) is 126 Å². The minimum atomic E-state index is -0.335. The molecule has 0 fully saturated rings. The Kier molecular flexibility index (Phi) is 9.72. The fourth-order valence-corrected chi connectivity index (χ4v) is 4.08. The van der Waals surface area contributed by atoms with E-state index in [1.54, 1.807) is 17.0 Å². The van der Waals surface area contributed by atoms with Gasteiger partial charge in [0, 0.05) is 17.6 Å². The number of hydrogen-bond donors (Lipinski definition) is 0. The number of benzene rings is 4. The first-order valence-corrected chi connectivity index (χ1v) is 13.3. The second-order valence-corrected chi connectivity index (χ2v) is 9.34. The lowest BCUT2D eigenvalue weighted by Crippen LogP contribution is -2.34. The van der Waals surface area contributed by atoms with Crippen LogP contribution in [0.1, 0.15) is 16.7 Å². The quantitative estimate of drug-likeness (QED) is 0.175. The van der Waals surface area contributed by atoms with Crippen LogP contribution in [0.25, 0.3) is 0 Å². The summed E-state index contributed by atoms with van der Waals surface area (Å²) in [5.41, 5.74) is 3.71. The molecule has 0 atom stereocenters. The molecule has 6 heteroatoms. The molecule has 0 saturated carbocycles. The molecule has 0 heterocycles. The van der Waals surface area contributed by atoms with E-state index in [0.29, 0.717) is 31.9 Å². The van der Waals surface area contributed by atoms with E-state index in [1.807, 2.05) is 78.9 Å². The molecule has 0 aliphatic rings. The van der Waals surface area contributed by atoms with Crippen molar-refractivity contribution in [2.75, 3.05) is 23.4 Å². The van der Waals surface area contributed by atoms with Crippen LogP contribution < -0.4 is 14.4 Å². The molecule has 0 spiro atoms. The molecule has 4 aromatic rings. The number of carbonyl (C=O) groups excluding carboxylic acids is 1. The topological polar surface area (TPSA) is 38.8 Å². The zero-order valence-corrected chi connectivity index (χ0v) is 22.1. The smallest absolute Gasteiger partial charge is 0.231 e. The lowest BCUT2D eigenvalue weighted by Gasteiger charge is -2.23. The molecule has 1 amide bonds. The summed E-state index contributed by atoms with van der Waals surface area (Å²) >= 11 is 3.34. The molecule has 0 bridgehead atoms. The van der Waals surface area contributed by atoms with Gasteiger partial charge in [-0.25, -0.2) is 4.39 Å². The minimum Gasteiger partial charge on any atom is -0.493 e. The molecular formula is C31H29BrFNO3. The number of alkyl halides is 1. The minimum absolute atomic E-state index is 0.0581. The molecule has 0 radical (unpaired) electrons. The van der Waals surface area contributed by atoms with Crippen LogP contribution in [0.5, 0.6) is 11.5 Å². The number of ether oxygens (including phenoxy) is 2. The summed E-state index contributed by atoms with van der Waals surface area (Å²) in [6, 6.07) is 31.5. The largest absolute Gasteiger partial charge is 0.493 e. The van der Waals surface area contributed by atoms with E-state index >= 15 is 0 Å². The molecular weight excluding hydrogens is 533 g/mol. The molecule has 4 aromatic carbocycles. The first kappa shape index (κ1) is 26.4. The van der Waals surface area contributed by atoms with Gasteiger partial charge in [-0.3, -0.25) is 4.79 Å². The lowest BCUT2D eigenvalue weighted by atomic mass is 10.1. The zero-order valence-electron chi connectivity index (χ0n) is 20.5. The van der Waals surface area contributed by atoms with Gasteiger partial charge in [0.15, 0.2) is 0 Å². The summed E-state index contributed by atoms with van der Waals surface area (Å²) in [6.45, 7) is 1.53. The number of nitrogens with zero attached hydrogens (tertiary/aromatic N) is 1. The second kappa shape index (κ2) is 13.6. The monoisotopic (exact) mass is 561 g/mol. The number of anilines is 1. The molecule has 37 heavy (non-hydrogen) atoms. The Balaban J connectivity index is 1.43. The van der Waals surface area contributed by atoms with E-state index in [0.717, 1.165) is 33.5 Å². The van der Waals surface area contributed by atoms with Gasteiger partial charge in [-0.15, -0.1) is 0 Å². The van der Waals surface area contributed by atoms with Crippen molar-refractivity contribution in [1.82, 2.24) is 0 Å². The van der Waals surface area contributed by atoms with Crippen molar-refractivity contribution < 1.29 is 18.7 Å². The van der Waals surface area contributed by atoms with Crippen LogP contribution in [0, 0.1) is 5.82 Å². The second-order valence-electron chi connectivity index (χ2n) is 8.55. The van der Waals surface area contributed by atoms with Crippen LogP contribution in [-0.2, 0) is 24.2 Å². The number of hydrogen-bond acceptors (Lipinski definition) is 3. The average molecular weight is 562 g/mol. The maximum atomic E-state index is 13.6. The summed E-state index contributed by atoms with van der Waals surface area (Å²) in [7, 11) is 0. The van der Waals surface area contributed by atoms with Gasteiger partial charge in [0.25, 0.3) is 0 Å². The van der Waals surface area contributed by atoms with E-state index < -0.39 is 0 Å². The predicted octanol–water partition coefficient (Wildman–Crippen LogP) is 7.00. The van der Waals surface area contributed by atoms with Crippen molar-refractivity contribution in [1.29, 1.82) is 0 Å². The molecule has 0 aliphatic heterocycles. The highest BCUT2D eigenvalue weighted by Crippen LogP contribution is 2.21. The fraction of sp³-hybridized carbons (Fsp3) is 0.194. The maximum absolute atomic E-state index is 13.6. The van der Waals surface area contributed by atoms with Gasteiger partial charge in [-0.05, 0) is 71.6 Å². The summed E-state index contributed by atoms with van der Waals surface area (Å²) in [5.74, 6) is 1.15. The number of rotatable bonds is 12. The Hall–Kier alpha value is -3.64. The lowest BCUT2D eigenvalue weighted by molar-refractivity contribution is -0.118. The molecule has 0 saturated heterocycles. The third-order valence-electron chi connectivity index (χ3n) is 5.83. The molecule has 4 nitrogen and oxygen atoms in total. The van der Waals surface area contributed by atoms with Crippen molar-refractivity contribution >= 4 is 27.5 Å². The van der Waals surface area contributed by atoms with Gasteiger partial charge in [0.05, 0.1) is 13.0 Å². The molecule has 0 N–H and O–H groups in total. The Morgan fingerprint density at radius 1 is 0.757 bits per heavy atom. The Bertz CT molecular complexity index is 1260. The highest BCUT2D eigenvalue weighted by Gasteiger charge is 2.17. The number of halogens is 2. The SMILES string of the molecule is O=C(Cc1ccc(OCCBr)cc1)N(CCc1cccc(OCc2ccccc2)c1)c1ccc(F)cc1. The molecule has 4 rings (SSSR count). The van der Waals surface area contributed by atoms with Crippen molar-refractivity contribution in [3.8, 4) is 11.5 Å². The number of carbonyl (C=O) groups is 1. The van der Waals surface area contributed by atoms with Crippen LogP contribution in [-0.4, -0.2) is 24.4 Å². The van der Waals surface area contributed by atoms with E-state index in [9.17, 15) is 9.18 Å².